The van der Waals surface area contributed by atoms with Gasteiger partial charge >= 0.3 is 0 Å². The van der Waals surface area contributed by atoms with Gasteiger partial charge in [-0.25, -0.2) is 8.42 Å². The lowest BCUT2D eigenvalue weighted by Gasteiger charge is -2.32. The quantitative estimate of drug-likeness (QED) is 0.658. The molecule has 8 nitrogen and oxygen atoms in total. The summed E-state index contributed by atoms with van der Waals surface area (Å²) >= 11 is 5.79. The fraction of sp³-hybridized carbons (Fsp3) is 0.435. The Labute approximate surface area is 200 Å². The number of fused-ring (bicyclic) bond motifs is 1. The van der Waals surface area contributed by atoms with E-state index in [0.29, 0.717) is 50.3 Å². The molecule has 0 unspecified atom stereocenters. The van der Waals surface area contributed by atoms with Crippen LogP contribution < -0.4 is 15.1 Å². The van der Waals surface area contributed by atoms with E-state index in [0.717, 1.165) is 37.4 Å². The van der Waals surface area contributed by atoms with E-state index in [2.05, 4.69) is 27.2 Å². The van der Waals surface area contributed by atoms with Crippen molar-refractivity contribution in [2.24, 2.45) is 0 Å². The van der Waals surface area contributed by atoms with Gasteiger partial charge in [0, 0.05) is 38.4 Å². The second-order valence-corrected chi connectivity index (χ2v) is 10.6. The molecule has 2 fully saturated rings. The number of anilines is 3. The lowest BCUT2D eigenvalue weighted by molar-refractivity contribution is 0.0730. The third-order valence-corrected chi connectivity index (χ3v) is 8.52. The summed E-state index contributed by atoms with van der Waals surface area (Å²) < 4.78 is 38.9. The molecule has 1 N–H and O–H groups in total. The highest BCUT2D eigenvalue weighted by atomic mass is 32.2. The van der Waals surface area contributed by atoms with Gasteiger partial charge in [0.1, 0.15) is 0 Å². The molecule has 0 bridgehead atoms. The number of morpholine rings is 2. The first-order chi connectivity index (χ1) is 16.0. The first-order valence-electron chi connectivity index (χ1n) is 11.2. The predicted molar refractivity (Wildman–Crippen MR) is 133 cm³/mol. The minimum Gasteiger partial charge on any atom is -0.379 e. The van der Waals surface area contributed by atoms with E-state index in [4.69, 9.17) is 21.7 Å². The highest BCUT2D eigenvalue weighted by Crippen LogP contribution is 2.33. The van der Waals surface area contributed by atoms with Gasteiger partial charge in [0.25, 0.3) is 0 Å². The second kappa shape index (κ2) is 9.55. The molecule has 2 aromatic rings. The summed E-state index contributed by atoms with van der Waals surface area (Å²) in [6.07, 6.45) is 0.930. The van der Waals surface area contributed by atoms with Crippen LogP contribution in [0.4, 0.5) is 17.1 Å². The van der Waals surface area contributed by atoms with E-state index in [1.165, 1.54) is 9.87 Å². The van der Waals surface area contributed by atoms with Gasteiger partial charge in [-0.3, -0.25) is 0 Å². The Morgan fingerprint density at radius 3 is 2.33 bits per heavy atom. The van der Waals surface area contributed by atoms with Crippen molar-refractivity contribution in [2.75, 3.05) is 74.3 Å². The van der Waals surface area contributed by atoms with E-state index in [9.17, 15) is 8.42 Å². The molecule has 10 heteroatoms. The number of hydrogen-bond acceptors (Lipinski definition) is 6. The number of nitrogens with one attached hydrogen (secondary N) is 1. The minimum absolute atomic E-state index is 0.258. The van der Waals surface area contributed by atoms with Gasteiger partial charge in [-0.05, 0) is 48.5 Å². The van der Waals surface area contributed by atoms with Crippen LogP contribution in [-0.4, -0.2) is 77.0 Å². The van der Waals surface area contributed by atoms with Crippen molar-refractivity contribution in [2.45, 2.75) is 11.3 Å². The Hall–Kier alpha value is -2.24. The molecule has 0 saturated carbocycles. The van der Waals surface area contributed by atoms with E-state index in [1.54, 1.807) is 12.1 Å². The van der Waals surface area contributed by atoms with E-state index >= 15 is 0 Å². The zero-order valence-corrected chi connectivity index (χ0v) is 20.0. The van der Waals surface area contributed by atoms with Crippen molar-refractivity contribution in [1.82, 2.24) is 4.31 Å². The van der Waals surface area contributed by atoms with Crippen molar-refractivity contribution >= 4 is 44.4 Å². The number of thiocarbonyl (C=S) groups is 1. The van der Waals surface area contributed by atoms with Crippen molar-refractivity contribution in [3.8, 4) is 0 Å². The van der Waals surface area contributed by atoms with Crippen molar-refractivity contribution in [1.29, 1.82) is 0 Å². The molecule has 5 rings (SSSR count). The number of sulfonamides is 1. The van der Waals surface area contributed by atoms with Crippen LogP contribution >= 0.6 is 12.2 Å². The van der Waals surface area contributed by atoms with Gasteiger partial charge < -0.3 is 24.6 Å². The lowest BCUT2D eigenvalue weighted by atomic mass is 10.2. The maximum atomic E-state index is 13.3. The molecule has 3 aliphatic heterocycles. The molecular formula is C23H28N4O4S2. The van der Waals surface area contributed by atoms with Gasteiger partial charge in [-0.2, -0.15) is 4.31 Å². The summed E-state index contributed by atoms with van der Waals surface area (Å²) in [4.78, 5) is 4.54. The molecular weight excluding hydrogens is 460 g/mol. The average molecular weight is 489 g/mol. The van der Waals surface area contributed by atoms with Crippen LogP contribution in [0.15, 0.2) is 47.4 Å². The monoisotopic (exact) mass is 488 g/mol. The molecule has 0 radical (unpaired) electrons. The standard InChI is InChI=1S/C23H28N4O4S2/c28-33(29,26-11-15-31-16-12-26)19-5-6-22(25-9-13-30-14-10-25)20(17-19)24-23(32)27-8-7-18-3-1-2-4-21(18)27/h1-6,17H,7-16H2,(H,24,32). The molecule has 0 aliphatic carbocycles. The zero-order valence-electron chi connectivity index (χ0n) is 18.4. The summed E-state index contributed by atoms with van der Waals surface area (Å²) in [5.41, 5.74) is 3.98. The Balaban J connectivity index is 1.47. The maximum Gasteiger partial charge on any atom is 0.243 e. The summed E-state index contributed by atoms with van der Waals surface area (Å²) in [5.74, 6) is 0. The van der Waals surface area contributed by atoms with Crippen LogP contribution in [0, 0.1) is 0 Å². The molecule has 3 heterocycles. The van der Waals surface area contributed by atoms with Gasteiger partial charge in [0.15, 0.2) is 5.11 Å². The van der Waals surface area contributed by atoms with Gasteiger partial charge in [0.05, 0.1) is 42.7 Å². The minimum atomic E-state index is -3.62. The Bertz CT molecular complexity index is 1130. The fourth-order valence-electron chi connectivity index (χ4n) is 4.52. The molecule has 0 amide bonds. The molecule has 2 aromatic carbocycles. The highest BCUT2D eigenvalue weighted by Gasteiger charge is 2.29. The number of nitrogens with zero attached hydrogens (tertiary/aromatic N) is 3. The van der Waals surface area contributed by atoms with E-state index < -0.39 is 10.0 Å². The number of hydrogen-bond donors (Lipinski definition) is 1. The third-order valence-electron chi connectivity index (χ3n) is 6.30. The van der Waals surface area contributed by atoms with Crippen molar-refractivity contribution in [3.63, 3.8) is 0 Å². The highest BCUT2D eigenvalue weighted by molar-refractivity contribution is 7.89. The van der Waals surface area contributed by atoms with E-state index in [1.807, 2.05) is 18.2 Å². The SMILES string of the molecule is O=S(=O)(c1ccc(N2CCOCC2)c(NC(=S)N2CCc3ccccc32)c1)N1CCOCC1. The summed E-state index contributed by atoms with van der Waals surface area (Å²) in [5, 5.41) is 3.94. The normalized spacial score (nSPS) is 19.4. The predicted octanol–water partition coefficient (Wildman–Crippen LogP) is 2.30. The molecule has 0 atom stereocenters. The number of ether oxygens (including phenoxy) is 2. The first kappa shape index (κ1) is 22.5. The number of rotatable bonds is 4. The van der Waals surface area contributed by atoms with Crippen LogP contribution in [0.1, 0.15) is 5.56 Å². The van der Waals surface area contributed by atoms with Gasteiger partial charge in [-0.15, -0.1) is 0 Å². The summed E-state index contributed by atoms with van der Waals surface area (Å²) in [6.45, 7) is 5.09. The Morgan fingerprint density at radius 1 is 0.879 bits per heavy atom. The second-order valence-electron chi connectivity index (χ2n) is 8.26. The zero-order chi connectivity index (χ0) is 22.8. The molecule has 176 valence electrons. The molecule has 0 aromatic heterocycles. The topological polar surface area (TPSA) is 74.4 Å². The van der Waals surface area contributed by atoms with Crippen molar-refractivity contribution in [3.05, 3.63) is 48.0 Å². The van der Waals surface area contributed by atoms with Gasteiger partial charge in [-0.1, -0.05) is 18.2 Å². The molecule has 2 saturated heterocycles. The molecule has 33 heavy (non-hydrogen) atoms. The molecule has 0 spiro atoms. The third kappa shape index (κ3) is 4.58. The van der Waals surface area contributed by atoms with Crippen molar-refractivity contribution < 1.29 is 17.9 Å². The molecule has 3 aliphatic rings. The van der Waals surface area contributed by atoms with Gasteiger partial charge in [0.2, 0.25) is 10.0 Å². The van der Waals surface area contributed by atoms with Crippen LogP contribution in [0.25, 0.3) is 0 Å². The lowest BCUT2D eigenvalue weighted by Crippen LogP contribution is -2.41. The maximum absolute atomic E-state index is 13.3. The first-order valence-corrected chi connectivity index (χ1v) is 13.1. The van der Waals surface area contributed by atoms with E-state index in [-0.39, 0.29) is 4.90 Å². The number of benzene rings is 2. The van der Waals surface area contributed by atoms with Crippen LogP contribution in [0.5, 0.6) is 0 Å². The average Bonchev–Trinajstić information content (AvgIpc) is 3.29. The Morgan fingerprint density at radius 2 is 1.58 bits per heavy atom. The smallest absolute Gasteiger partial charge is 0.243 e. The fourth-order valence-corrected chi connectivity index (χ4v) is 6.26. The number of para-hydroxylation sites is 1. The largest absolute Gasteiger partial charge is 0.379 e. The van der Waals surface area contributed by atoms with Crippen LogP contribution in [-0.2, 0) is 25.9 Å². The van der Waals surface area contributed by atoms with Crippen LogP contribution in [0.3, 0.4) is 0 Å². The summed E-state index contributed by atoms with van der Waals surface area (Å²) in [7, 11) is -3.62. The van der Waals surface area contributed by atoms with Crippen LogP contribution in [0.2, 0.25) is 0 Å². The summed E-state index contributed by atoms with van der Waals surface area (Å²) in [6, 6.07) is 13.5. The Kier molecular flexibility index (Phi) is 6.53.